The van der Waals surface area contributed by atoms with Gasteiger partial charge in [-0.15, -0.1) is 0 Å². The van der Waals surface area contributed by atoms with Gasteiger partial charge in [-0.3, -0.25) is 9.59 Å². The number of aliphatic carboxylic acids is 1. The minimum absolute atomic E-state index is 0.163. The summed E-state index contributed by atoms with van der Waals surface area (Å²) in [7, 11) is 0. The summed E-state index contributed by atoms with van der Waals surface area (Å²) in [4.78, 5) is 24.7. The van der Waals surface area contributed by atoms with Crippen LogP contribution in [0.15, 0.2) is 0 Å². The lowest BCUT2D eigenvalue weighted by Crippen LogP contribution is -2.55. The van der Waals surface area contributed by atoms with Crippen LogP contribution in [0.3, 0.4) is 0 Å². The van der Waals surface area contributed by atoms with Crippen LogP contribution in [0.25, 0.3) is 0 Å². The van der Waals surface area contributed by atoms with Crippen molar-refractivity contribution < 1.29 is 14.7 Å². The molecule has 0 bridgehead atoms. The summed E-state index contributed by atoms with van der Waals surface area (Å²) < 4.78 is 0. The molecule has 2 fully saturated rings. The number of nitrogens with one attached hydrogen (secondary N) is 1. The number of hydrogen-bond acceptors (Lipinski definition) is 3. The van der Waals surface area contributed by atoms with Gasteiger partial charge in [0.1, 0.15) is 0 Å². The second-order valence-corrected chi connectivity index (χ2v) is 6.19. The van der Waals surface area contributed by atoms with Gasteiger partial charge in [0.05, 0.1) is 5.41 Å². The Morgan fingerprint density at radius 1 is 1.50 bits per heavy atom. The summed E-state index contributed by atoms with van der Waals surface area (Å²) in [6, 6.07) is 0.301. The molecular formula is C13H22N2O3. The van der Waals surface area contributed by atoms with Gasteiger partial charge in [0.15, 0.2) is 0 Å². The zero-order valence-electron chi connectivity index (χ0n) is 11.1. The summed E-state index contributed by atoms with van der Waals surface area (Å²) in [6.45, 7) is 5.90. The number of piperidine rings is 2. The number of carbonyl (C=O) groups excluding carboxylic acids is 1. The first-order chi connectivity index (χ1) is 8.38. The molecule has 1 amide bonds. The van der Waals surface area contributed by atoms with Crippen molar-refractivity contribution >= 4 is 11.9 Å². The van der Waals surface area contributed by atoms with Crippen LogP contribution < -0.4 is 5.32 Å². The Labute approximate surface area is 108 Å². The molecule has 5 nitrogen and oxygen atoms in total. The number of likely N-dealkylation sites (tertiary alicyclic amines) is 1. The molecule has 2 aliphatic rings. The van der Waals surface area contributed by atoms with Crippen LogP contribution in [0.5, 0.6) is 0 Å². The van der Waals surface area contributed by atoms with E-state index in [4.69, 9.17) is 5.11 Å². The van der Waals surface area contributed by atoms with E-state index in [1.54, 1.807) is 13.8 Å². The molecule has 2 atom stereocenters. The Morgan fingerprint density at radius 2 is 2.22 bits per heavy atom. The number of carbonyl (C=O) groups is 2. The van der Waals surface area contributed by atoms with Crippen molar-refractivity contribution in [2.75, 3.05) is 19.6 Å². The van der Waals surface area contributed by atoms with Gasteiger partial charge >= 0.3 is 5.97 Å². The Bertz CT molecular complexity index is 354. The van der Waals surface area contributed by atoms with E-state index in [9.17, 15) is 9.59 Å². The van der Waals surface area contributed by atoms with Gasteiger partial charge in [-0.05, 0) is 32.6 Å². The van der Waals surface area contributed by atoms with Crippen LogP contribution in [-0.4, -0.2) is 47.6 Å². The van der Waals surface area contributed by atoms with Gasteiger partial charge in [0, 0.05) is 32.1 Å². The molecule has 0 aromatic heterocycles. The standard InChI is InChI=1S/C13H22N2O3/c1-13(2,12(17)18)8-15-6-5-10-9(7-15)3-4-11(16)14-10/h9-10H,3-8H2,1-2H3,(H,14,16)(H,17,18). The Balaban J connectivity index is 1.91. The molecule has 2 unspecified atom stereocenters. The minimum atomic E-state index is -0.749. The summed E-state index contributed by atoms with van der Waals surface area (Å²) in [6.07, 6.45) is 2.48. The highest BCUT2D eigenvalue weighted by Crippen LogP contribution is 2.27. The van der Waals surface area contributed by atoms with E-state index in [1.807, 2.05) is 0 Å². The highest BCUT2D eigenvalue weighted by molar-refractivity contribution is 5.77. The second-order valence-electron chi connectivity index (χ2n) is 6.19. The Kier molecular flexibility index (Phi) is 3.61. The van der Waals surface area contributed by atoms with Crippen LogP contribution in [0.1, 0.15) is 33.1 Å². The molecular weight excluding hydrogens is 232 g/mol. The molecule has 2 rings (SSSR count). The molecule has 0 aliphatic carbocycles. The van der Waals surface area contributed by atoms with Crippen molar-refractivity contribution in [3.63, 3.8) is 0 Å². The lowest BCUT2D eigenvalue weighted by atomic mass is 9.83. The van der Waals surface area contributed by atoms with Crippen molar-refractivity contribution in [2.45, 2.75) is 39.2 Å². The lowest BCUT2D eigenvalue weighted by molar-refractivity contribution is -0.148. The monoisotopic (exact) mass is 254 g/mol. The smallest absolute Gasteiger partial charge is 0.310 e. The Morgan fingerprint density at radius 3 is 2.89 bits per heavy atom. The van der Waals surface area contributed by atoms with E-state index in [0.717, 1.165) is 25.9 Å². The van der Waals surface area contributed by atoms with E-state index in [0.29, 0.717) is 24.9 Å². The topological polar surface area (TPSA) is 69.6 Å². The Hall–Kier alpha value is -1.10. The highest BCUT2D eigenvalue weighted by atomic mass is 16.4. The fourth-order valence-electron chi connectivity index (χ4n) is 2.96. The SMILES string of the molecule is CC(C)(CN1CCC2NC(=O)CCC2C1)C(=O)O. The van der Waals surface area contributed by atoms with E-state index in [-0.39, 0.29) is 5.91 Å². The van der Waals surface area contributed by atoms with Gasteiger partial charge in [-0.25, -0.2) is 0 Å². The maximum absolute atomic E-state index is 11.3. The fraction of sp³-hybridized carbons (Fsp3) is 0.846. The first kappa shape index (κ1) is 13.3. The third kappa shape index (κ3) is 2.83. The molecule has 5 heteroatoms. The molecule has 102 valence electrons. The molecule has 0 spiro atoms. The van der Waals surface area contributed by atoms with Crippen molar-refractivity contribution in [3.8, 4) is 0 Å². The van der Waals surface area contributed by atoms with Crippen molar-refractivity contribution in [1.29, 1.82) is 0 Å². The number of carboxylic acid groups (broad SMARTS) is 1. The molecule has 2 heterocycles. The zero-order valence-corrected chi connectivity index (χ0v) is 11.1. The number of hydrogen-bond donors (Lipinski definition) is 2. The average molecular weight is 254 g/mol. The van der Waals surface area contributed by atoms with Crippen molar-refractivity contribution in [2.24, 2.45) is 11.3 Å². The molecule has 0 radical (unpaired) electrons. The van der Waals surface area contributed by atoms with Crippen molar-refractivity contribution in [3.05, 3.63) is 0 Å². The third-order valence-corrected chi connectivity index (χ3v) is 4.10. The van der Waals surface area contributed by atoms with Crippen LogP contribution in [0, 0.1) is 11.3 Å². The first-order valence-corrected chi connectivity index (χ1v) is 6.63. The second kappa shape index (κ2) is 4.88. The number of amides is 1. The van der Waals surface area contributed by atoms with Crippen LogP contribution in [-0.2, 0) is 9.59 Å². The molecule has 0 aromatic rings. The number of rotatable bonds is 3. The molecule has 0 aromatic carbocycles. The molecule has 2 saturated heterocycles. The first-order valence-electron chi connectivity index (χ1n) is 6.63. The van der Waals surface area contributed by atoms with Crippen molar-refractivity contribution in [1.82, 2.24) is 10.2 Å². The quantitative estimate of drug-likeness (QED) is 0.778. The van der Waals surface area contributed by atoms with Gasteiger partial charge in [-0.1, -0.05) is 0 Å². The summed E-state index contributed by atoms with van der Waals surface area (Å²) in [5, 5.41) is 12.2. The third-order valence-electron chi connectivity index (χ3n) is 4.10. The zero-order chi connectivity index (χ0) is 13.3. The van der Waals surface area contributed by atoms with Gasteiger partial charge in [-0.2, -0.15) is 0 Å². The van der Waals surface area contributed by atoms with E-state index in [2.05, 4.69) is 10.2 Å². The maximum atomic E-state index is 11.3. The van der Waals surface area contributed by atoms with Gasteiger partial charge in [0.2, 0.25) is 5.91 Å². The lowest BCUT2D eigenvalue weighted by Gasteiger charge is -2.43. The van der Waals surface area contributed by atoms with Crippen LogP contribution in [0.4, 0.5) is 0 Å². The predicted octanol–water partition coefficient (Wildman–Crippen LogP) is 0.698. The predicted molar refractivity (Wildman–Crippen MR) is 67.1 cm³/mol. The van der Waals surface area contributed by atoms with E-state index in [1.165, 1.54) is 0 Å². The highest BCUT2D eigenvalue weighted by Gasteiger charge is 2.37. The van der Waals surface area contributed by atoms with Gasteiger partial charge < -0.3 is 15.3 Å². The van der Waals surface area contributed by atoms with Crippen LogP contribution in [0.2, 0.25) is 0 Å². The summed E-state index contributed by atoms with van der Waals surface area (Å²) >= 11 is 0. The molecule has 2 N–H and O–H groups in total. The fourth-order valence-corrected chi connectivity index (χ4v) is 2.96. The van der Waals surface area contributed by atoms with E-state index < -0.39 is 11.4 Å². The normalized spacial score (nSPS) is 29.6. The molecule has 0 saturated carbocycles. The molecule has 18 heavy (non-hydrogen) atoms. The number of nitrogens with zero attached hydrogens (tertiary/aromatic N) is 1. The average Bonchev–Trinajstić information content (AvgIpc) is 2.28. The summed E-state index contributed by atoms with van der Waals surface area (Å²) in [5.41, 5.74) is -0.704. The maximum Gasteiger partial charge on any atom is 0.310 e. The minimum Gasteiger partial charge on any atom is -0.481 e. The van der Waals surface area contributed by atoms with E-state index >= 15 is 0 Å². The largest absolute Gasteiger partial charge is 0.481 e. The van der Waals surface area contributed by atoms with Gasteiger partial charge in [0.25, 0.3) is 0 Å². The molecule has 2 aliphatic heterocycles. The number of fused-ring (bicyclic) bond motifs is 1. The van der Waals surface area contributed by atoms with Crippen LogP contribution >= 0.6 is 0 Å². The number of carboxylic acids is 1. The summed E-state index contributed by atoms with van der Waals surface area (Å²) in [5.74, 6) is -0.0989.